The van der Waals surface area contributed by atoms with Gasteiger partial charge in [-0.05, 0) is 41.0 Å². The highest BCUT2D eigenvalue weighted by Gasteiger charge is 2.33. The zero-order chi connectivity index (χ0) is 21.7. The zero-order valence-corrected chi connectivity index (χ0v) is 15.5. The minimum absolute atomic E-state index is 0.0510. The van der Waals surface area contributed by atoms with E-state index >= 15 is 0 Å². The predicted octanol–water partition coefficient (Wildman–Crippen LogP) is 5.72. The van der Waals surface area contributed by atoms with Crippen molar-refractivity contribution in [1.29, 1.82) is 0 Å². The Bertz CT molecular complexity index is 1110. The molecular weight excluding hydrogens is 395 g/mol. The second-order valence-electron chi connectivity index (χ2n) is 6.34. The van der Waals surface area contributed by atoms with E-state index in [2.05, 4.69) is 5.32 Å². The fourth-order valence-corrected chi connectivity index (χ4v) is 2.88. The number of nitrogens with one attached hydrogen (secondary N) is 1. The van der Waals surface area contributed by atoms with Crippen molar-refractivity contribution in [2.45, 2.75) is 6.18 Å². The number of carboxylic acid groups (broad SMARTS) is 1. The van der Waals surface area contributed by atoms with E-state index in [0.29, 0.717) is 11.1 Å². The number of carbonyl (C=O) groups is 2. The summed E-state index contributed by atoms with van der Waals surface area (Å²) in [5.41, 5.74) is -0.0817. The molecule has 152 valence electrons. The van der Waals surface area contributed by atoms with Crippen molar-refractivity contribution in [3.8, 4) is 11.1 Å². The number of carbonyl (C=O) groups excluding carboxylic acids is 1. The number of benzene rings is 3. The van der Waals surface area contributed by atoms with E-state index in [0.717, 1.165) is 18.2 Å². The molecule has 4 nitrogen and oxygen atoms in total. The molecule has 0 fully saturated rings. The molecule has 0 aromatic heterocycles. The number of para-hydroxylation sites is 1. The van der Waals surface area contributed by atoms with Crippen LogP contribution in [0, 0.1) is 0 Å². The minimum Gasteiger partial charge on any atom is -0.478 e. The Hall–Kier alpha value is -3.87. The molecular formula is C23H16F3NO3. The van der Waals surface area contributed by atoms with Gasteiger partial charge in [0, 0.05) is 6.08 Å². The molecule has 2 N–H and O–H groups in total. The summed E-state index contributed by atoms with van der Waals surface area (Å²) in [6.07, 6.45) is -2.63. The molecule has 1 amide bonds. The molecule has 0 aliphatic heterocycles. The van der Waals surface area contributed by atoms with E-state index < -0.39 is 23.6 Å². The normalized spacial score (nSPS) is 11.4. The Balaban J connectivity index is 1.88. The average Bonchev–Trinajstić information content (AvgIpc) is 2.72. The topological polar surface area (TPSA) is 66.4 Å². The van der Waals surface area contributed by atoms with Gasteiger partial charge in [-0.15, -0.1) is 0 Å². The molecule has 3 aromatic rings. The number of halogens is 3. The number of amides is 1. The molecule has 0 spiro atoms. The van der Waals surface area contributed by atoms with Crippen LogP contribution in [0.5, 0.6) is 0 Å². The first-order chi connectivity index (χ1) is 14.3. The Labute approximate surface area is 170 Å². The summed E-state index contributed by atoms with van der Waals surface area (Å²) in [6.45, 7) is 0. The Morgan fingerprint density at radius 3 is 2.20 bits per heavy atom. The highest BCUT2D eigenvalue weighted by Crippen LogP contribution is 2.35. The fraction of sp³-hybridized carbons (Fsp3) is 0.0435. The molecule has 0 unspecified atom stereocenters. The molecule has 7 heteroatoms. The van der Waals surface area contributed by atoms with Gasteiger partial charge in [0.2, 0.25) is 5.91 Å². The SMILES string of the molecule is O=C(/C=C/c1ccc(-c2ccccc2)cc1C(F)(F)F)Nc1ccccc1C(=O)O. The lowest BCUT2D eigenvalue weighted by atomic mass is 9.98. The number of hydrogen-bond donors (Lipinski definition) is 2. The molecule has 0 heterocycles. The van der Waals surface area contributed by atoms with Crippen LogP contribution in [-0.2, 0) is 11.0 Å². The van der Waals surface area contributed by atoms with E-state index in [9.17, 15) is 22.8 Å². The first kappa shape index (κ1) is 20.9. The second kappa shape index (κ2) is 8.65. The summed E-state index contributed by atoms with van der Waals surface area (Å²) in [5.74, 6) is -1.98. The Morgan fingerprint density at radius 1 is 0.867 bits per heavy atom. The van der Waals surface area contributed by atoms with Crippen molar-refractivity contribution in [2.75, 3.05) is 5.32 Å². The van der Waals surface area contributed by atoms with Gasteiger partial charge in [-0.25, -0.2) is 4.79 Å². The van der Waals surface area contributed by atoms with Gasteiger partial charge in [0.05, 0.1) is 16.8 Å². The first-order valence-corrected chi connectivity index (χ1v) is 8.84. The quantitative estimate of drug-likeness (QED) is 0.528. The van der Waals surface area contributed by atoms with Crippen LogP contribution in [0.25, 0.3) is 17.2 Å². The monoisotopic (exact) mass is 411 g/mol. The zero-order valence-electron chi connectivity index (χ0n) is 15.5. The molecule has 3 aromatic carbocycles. The first-order valence-electron chi connectivity index (χ1n) is 8.84. The lowest BCUT2D eigenvalue weighted by molar-refractivity contribution is -0.137. The van der Waals surface area contributed by atoms with Crippen LogP contribution in [-0.4, -0.2) is 17.0 Å². The maximum absolute atomic E-state index is 13.6. The molecule has 0 atom stereocenters. The van der Waals surface area contributed by atoms with Gasteiger partial charge in [-0.2, -0.15) is 13.2 Å². The average molecular weight is 411 g/mol. The second-order valence-corrected chi connectivity index (χ2v) is 6.34. The van der Waals surface area contributed by atoms with E-state index in [4.69, 9.17) is 5.11 Å². The van der Waals surface area contributed by atoms with Gasteiger partial charge in [-0.3, -0.25) is 4.79 Å². The van der Waals surface area contributed by atoms with Crippen molar-refractivity contribution >= 4 is 23.6 Å². The van der Waals surface area contributed by atoms with Gasteiger partial charge in [0.1, 0.15) is 0 Å². The Kier molecular flexibility index (Phi) is 6.01. The molecule has 3 rings (SSSR count). The number of anilines is 1. The molecule has 0 bridgehead atoms. The summed E-state index contributed by atoms with van der Waals surface area (Å²) < 4.78 is 40.7. The third-order valence-corrected chi connectivity index (χ3v) is 4.30. The van der Waals surface area contributed by atoms with Crippen molar-refractivity contribution in [3.05, 3.63) is 95.6 Å². The molecule has 0 aliphatic rings. The fourth-order valence-electron chi connectivity index (χ4n) is 2.88. The Morgan fingerprint density at radius 2 is 1.53 bits per heavy atom. The van der Waals surface area contributed by atoms with Crippen molar-refractivity contribution in [2.24, 2.45) is 0 Å². The smallest absolute Gasteiger partial charge is 0.417 e. The van der Waals surface area contributed by atoms with Gasteiger partial charge >= 0.3 is 12.1 Å². The van der Waals surface area contributed by atoms with Crippen LogP contribution >= 0.6 is 0 Å². The van der Waals surface area contributed by atoms with Gasteiger partial charge in [0.25, 0.3) is 0 Å². The summed E-state index contributed by atoms with van der Waals surface area (Å²) in [6, 6.07) is 18.3. The van der Waals surface area contributed by atoms with E-state index in [1.807, 2.05) is 0 Å². The lowest BCUT2D eigenvalue weighted by Gasteiger charge is -2.13. The van der Waals surface area contributed by atoms with Crippen LogP contribution in [0.3, 0.4) is 0 Å². The van der Waals surface area contributed by atoms with Crippen molar-refractivity contribution < 1.29 is 27.9 Å². The molecule has 0 radical (unpaired) electrons. The predicted molar refractivity (Wildman–Crippen MR) is 108 cm³/mol. The van der Waals surface area contributed by atoms with E-state index in [1.165, 1.54) is 30.3 Å². The van der Waals surface area contributed by atoms with Gasteiger partial charge < -0.3 is 10.4 Å². The van der Waals surface area contributed by atoms with Crippen LogP contribution in [0.1, 0.15) is 21.5 Å². The van der Waals surface area contributed by atoms with Crippen LogP contribution in [0.2, 0.25) is 0 Å². The summed E-state index contributed by atoms with van der Waals surface area (Å²) in [7, 11) is 0. The number of rotatable bonds is 5. The van der Waals surface area contributed by atoms with E-state index in [-0.39, 0.29) is 16.8 Å². The van der Waals surface area contributed by atoms with E-state index in [1.54, 1.807) is 36.4 Å². The summed E-state index contributed by atoms with van der Waals surface area (Å²) in [4.78, 5) is 23.3. The molecule has 30 heavy (non-hydrogen) atoms. The molecule has 0 saturated heterocycles. The molecule has 0 saturated carbocycles. The van der Waals surface area contributed by atoms with Crippen LogP contribution < -0.4 is 5.32 Å². The minimum atomic E-state index is -4.61. The number of alkyl halides is 3. The van der Waals surface area contributed by atoms with Gasteiger partial charge in [-0.1, -0.05) is 54.6 Å². The maximum atomic E-state index is 13.6. The lowest BCUT2D eigenvalue weighted by Crippen LogP contribution is -2.12. The highest BCUT2D eigenvalue weighted by atomic mass is 19.4. The number of hydrogen-bond acceptors (Lipinski definition) is 2. The van der Waals surface area contributed by atoms with Crippen LogP contribution in [0.4, 0.5) is 18.9 Å². The summed E-state index contributed by atoms with van der Waals surface area (Å²) in [5, 5.41) is 11.5. The molecule has 0 aliphatic carbocycles. The maximum Gasteiger partial charge on any atom is 0.417 e. The number of carboxylic acids is 1. The van der Waals surface area contributed by atoms with Crippen LogP contribution in [0.15, 0.2) is 78.9 Å². The van der Waals surface area contributed by atoms with Crippen molar-refractivity contribution in [1.82, 2.24) is 0 Å². The standard InChI is InChI=1S/C23H16F3NO3/c24-23(25,26)19-14-17(15-6-2-1-3-7-15)11-10-16(19)12-13-21(28)27-20-9-5-4-8-18(20)22(29)30/h1-14H,(H,27,28)(H,29,30)/b13-12+. The third kappa shape index (κ3) is 4.94. The van der Waals surface area contributed by atoms with Crippen molar-refractivity contribution in [3.63, 3.8) is 0 Å². The summed E-state index contributed by atoms with van der Waals surface area (Å²) >= 11 is 0. The largest absolute Gasteiger partial charge is 0.478 e. The van der Waals surface area contributed by atoms with Gasteiger partial charge in [0.15, 0.2) is 0 Å². The number of aromatic carboxylic acids is 1. The third-order valence-electron chi connectivity index (χ3n) is 4.30. The highest BCUT2D eigenvalue weighted by molar-refractivity contribution is 6.06.